The van der Waals surface area contributed by atoms with Crippen molar-refractivity contribution in [1.82, 2.24) is 10.2 Å². The highest BCUT2D eigenvalue weighted by molar-refractivity contribution is 5.96. The number of rotatable bonds is 15. The van der Waals surface area contributed by atoms with E-state index in [1.165, 1.54) is 43.9 Å². The Bertz CT molecular complexity index is 3120. The zero-order valence-electron chi connectivity index (χ0n) is 54.9. The Morgan fingerprint density at radius 3 is 1.89 bits per heavy atom. The first-order valence-electron chi connectivity index (χ1n) is 32.0. The molecule has 2 aromatic rings. The summed E-state index contributed by atoms with van der Waals surface area (Å²) in [6, 6.07) is 5.05. The summed E-state index contributed by atoms with van der Waals surface area (Å²) in [5, 5.41) is 122. The minimum atomic E-state index is -2.78. The number of hydrogen-bond donors (Lipinski definition) is 12. The van der Waals surface area contributed by atoms with Gasteiger partial charge < -0.3 is 90.3 Å². The number of benzene rings is 2. The van der Waals surface area contributed by atoms with Crippen LogP contribution in [0, 0.1) is 46.8 Å². The molecule has 23 nitrogen and oxygen atoms in total. The van der Waals surface area contributed by atoms with Crippen LogP contribution < -0.4 is 15.4 Å². The average Bonchev–Trinajstić information content (AvgIpc) is 0.788. The number of Topliss-reactive ketones (excluding diaryl/α,β-unsaturated/α-hetero) is 2. The minimum absolute atomic E-state index is 0.0341. The Balaban J connectivity index is 1.53. The molecular weight excluding hydrogens is 1290 g/mol. The third-order valence-electron chi connectivity index (χ3n) is 17.0. The van der Waals surface area contributed by atoms with Crippen molar-refractivity contribution in [2.24, 2.45) is 17.8 Å². The normalized spacial score (nSPS) is 33.4. The van der Waals surface area contributed by atoms with E-state index in [-0.39, 0.29) is 32.4 Å². The SMILES string of the molecule is CNc1ccc(C(=O)C[C@H](O)CC[C@H](C)[C@]2(O)C[C@@H](O)C[C@H](O)C[C@]3(O)C[C@H](O)[C@@H](C(=O)Oc4c(F)c(F)c(F)c(F)c4F)C(C[C@@H](O[C@@H]4O[C@H](C)[C@@H](O)[C@H](NC(=O)CN(C)C)[C@@H]4O)/C=C/C=C/C=C/C=C\C=C/C=C/C=C/CCOC(=O)C[C@H](O)CC(=O)C[C@@H](O)C2C)O3)cc1. The van der Waals surface area contributed by atoms with Crippen molar-refractivity contribution in [2.45, 2.75) is 189 Å². The number of aliphatic hydroxyl groups excluding tert-OH is 8. The molecule has 2 fully saturated rings. The van der Waals surface area contributed by atoms with Gasteiger partial charge in [-0.2, -0.15) is 8.78 Å². The maximum absolute atomic E-state index is 15.1. The molecule has 97 heavy (non-hydrogen) atoms. The van der Waals surface area contributed by atoms with Crippen molar-refractivity contribution in [3.8, 4) is 5.75 Å². The van der Waals surface area contributed by atoms with E-state index >= 15 is 8.78 Å². The number of fused-ring (bicyclic) bond motifs is 2. The Labute approximate surface area is 559 Å². The van der Waals surface area contributed by atoms with E-state index in [2.05, 4.69) is 10.6 Å². The second kappa shape index (κ2) is 38.6. The number of cyclic esters (lactones) is 1. The van der Waals surface area contributed by atoms with Crippen LogP contribution >= 0.6 is 0 Å². The van der Waals surface area contributed by atoms with Crippen LogP contribution in [0.25, 0.3) is 0 Å². The van der Waals surface area contributed by atoms with Crippen molar-refractivity contribution in [3.63, 3.8) is 0 Å². The van der Waals surface area contributed by atoms with Gasteiger partial charge in [0.05, 0.1) is 86.2 Å². The van der Waals surface area contributed by atoms with Gasteiger partial charge in [-0.05, 0) is 76.9 Å². The molecule has 0 radical (unpaired) electrons. The number of likely N-dealkylation sites (N-methyl/N-ethyl adjacent to an activating group) is 1. The van der Waals surface area contributed by atoms with Gasteiger partial charge in [0.25, 0.3) is 0 Å². The van der Waals surface area contributed by atoms with Crippen LogP contribution in [0.3, 0.4) is 0 Å². The number of nitrogens with zero attached hydrogens (tertiary/aromatic N) is 1. The summed E-state index contributed by atoms with van der Waals surface area (Å²) >= 11 is 0. The molecule has 18 atom stereocenters. The largest absolute Gasteiger partial charge is 0.465 e. The molecule has 5 rings (SSSR count). The van der Waals surface area contributed by atoms with E-state index in [0.717, 1.165) is 5.69 Å². The Morgan fingerprint density at radius 2 is 1.29 bits per heavy atom. The molecular formula is C69H92F5N3O20. The fourth-order valence-corrected chi connectivity index (χ4v) is 11.7. The summed E-state index contributed by atoms with van der Waals surface area (Å²) in [6.07, 6.45) is -3.97. The predicted octanol–water partition coefficient (Wildman–Crippen LogP) is 4.68. The third kappa shape index (κ3) is 24.6. The van der Waals surface area contributed by atoms with E-state index in [9.17, 15) is 88.2 Å². The molecule has 538 valence electrons. The molecule has 2 bridgehead atoms. The number of esters is 2. The number of carbonyl (C=O) groups excluding carboxylic acids is 5. The third-order valence-corrected chi connectivity index (χ3v) is 17.0. The number of nitrogens with one attached hydrogen (secondary N) is 2. The van der Waals surface area contributed by atoms with Crippen molar-refractivity contribution in [3.05, 3.63) is 144 Å². The van der Waals surface area contributed by atoms with Crippen LogP contribution in [0.1, 0.15) is 108 Å². The molecule has 0 aromatic heterocycles. The van der Waals surface area contributed by atoms with Gasteiger partial charge in [0, 0.05) is 69.2 Å². The standard InChI is InChI=1S/C69H92F5N3O20/c1-39(22-27-44(78)31-51(84)42-23-25-43(75-4)26-24-42)69(92)36-48(82)30-47(81)35-68(91)37-52(85)56(66(90)96-65-60(73)58(71)57(70)59(72)61(65)74)53(97-68)34-49(95-67-64(89)62(63(88)41(3)94-67)76-54(86)38-77(5)6)21-19-17-15-13-11-9-7-8-10-12-14-16-18-20-28-93-55(87)33-46(80)29-45(79)32-50(83)40(69)2/h7-19,21,23-26,39-41,44,46-50,52-53,56,62-64,67,75,78,80-83,85,88-89,91-92H,20,22,27-38H2,1-6H3,(H,76,86)/b9-7-,10-8-,13-11+,14-12+,17-15+,18-16+,21-19+/t39-,40?,41+,44+,46+,47-,48-,49-,50+,52-,53?,56+,62-,63+,64-,67-,68+,69+/m0/s1. The first-order valence-corrected chi connectivity index (χ1v) is 32.0. The molecule has 0 spiro atoms. The summed E-state index contributed by atoms with van der Waals surface area (Å²) in [6.45, 7) is 4.05. The molecule has 28 heteroatoms. The topological polar surface area (TPSA) is 361 Å². The summed E-state index contributed by atoms with van der Waals surface area (Å²) in [5.74, 6) is -26.6. The molecule has 0 aliphatic carbocycles. The zero-order valence-corrected chi connectivity index (χ0v) is 54.9. The lowest BCUT2D eigenvalue weighted by Crippen LogP contribution is -2.64. The summed E-state index contributed by atoms with van der Waals surface area (Å²) < 4.78 is 102. The van der Waals surface area contributed by atoms with E-state index in [4.69, 9.17) is 23.7 Å². The summed E-state index contributed by atoms with van der Waals surface area (Å²) in [5.41, 5.74) is -1.16. The molecule has 1 amide bonds. The Hall–Kier alpha value is -6.74. The minimum Gasteiger partial charge on any atom is -0.465 e. The number of aliphatic hydroxyl groups is 10. The quantitative estimate of drug-likeness (QED) is 0.0287. The number of ether oxygens (including phenoxy) is 5. The number of ketones is 2. The van der Waals surface area contributed by atoms with Crippen LogP contribution in [-0.4, -0.2) is 211 Å². The Morgan fingerprint density at radius 1 is 0.711 bits per heavy atom. The average molecular weight is 1380 g/mol. The van der Waals surface area contributed by atoms with Gasteiger partial charge >= 0.3 is 11.9 Å². The van der Waals surface area contributed by atoms with Crippen molar-refractivity contribution < 1.29 is 121 Å². The first kappa shape index (κ1) is 80.9. The van der Waals surface area contributed by atoms with Crippen molar-refractivity contribution in [1.29, 1.82) is 0 Å². The van der Waals surface area contributed by atoms with E-state index < -0.39 is 224 Å². The monoisotopic (exact) mass is 1380 g/mol. The highest BCUT2D eigenvalue weighted by Crippen LogP contribution is 2.42. The van der Waals surface area contributed by atoms with Gasteiger partial charge in [0.2, 0.25) is 40.7 Å². The van der Waals surface area contributed by atoms with Crippen molar-refractivity contribution >= 4 is 35.1 Å². The van der Waals surface area contributed by atoms with Gasteiger partial charge in [-0.25, -0.2) is 13.2 Å². The van der Waals surface area contributed by atoms with Gasteiger partial charge in [-0.3, -0.25) is 24.0 Å². The smallest absolute Gasteiger partial charge is 0.319 e. The lowest BCUT2D eigenvalue weighted by molar-refractivity contribution is -0.308. The fourth-order valence-electron chi connectivity index (χ4n) is 11.7. The number of hydrogen-bond acceptors (Lipinski definition) is 22. The molecule has 3 heterocycles. The molecule has 12 N–H and O–H groups in total. The first-order chi connectivity index (χ1) is 45.8. The van der Waals surface area contributed by atoms with Crippen LogP contribution in [-0.2, 0) is 38.1 Å². The summed E-state index contributed by atoms with van der Waals surface area (Å²) in [7, 11) is 4.88. The second-order valence-corrected chi connectivity index (χ2v) is 25.1. The second-order valence-electron chi connectivity index (χ2n) is 25.1. The Kier molecular flexibility index (Phi) is 32.2. The fraction of sp³-hybridized carbons (Fsp3) is 0.551. The number of anilines is 1. The van der Waals surface area contributed by atoms with Gasteiger partial charge in [0.15, 0.2) is 17.9 Å². The number of allylic oxidation sites excluding steroid dienone is 12. The lowest BCUT2D eigenvalue weighted by atomic mass is 9.69. The van der Waals surface area contributed by atoms with Gasteiger partial charge in [-0.1, -0.05) is 98.9 Å². The molecule has 3 aliphatic heterocycles. The highest BCUT2D eigenvalue weighted by Gasteiger charge is 2.53. The van der Waals surface area contributed by atoms with Crippen LogP contribution in [0.5, 0.6) is 5.75 Å². The molecule has 2 aromatic carbocycles. The maximum atomic E-state index is 15.1. The van der Waals surface area contributed by atoms with Crippen LogP contribution in [0.2, 0.25) is 0 Å². The highest BCUT2D eigenvalue weighted by atomic mass is 19.2. The maximum Gasteiger partial charge on any atom is 0.319 e. The van der Waals surface area contributed by atoms with Gasteiger partial charge in [0.1, 0.15) is 23.9 Å². The van der Waals surface area contributed by atoms with E-state index in [0.29, 0.717) is 12.0 Å². The van der Waals surface area contributed by atoms with Crippen LogP contribution in [0.15, 0.2) is 109 Å². The van der Waals surface area contributed by atoms with Crippen LogP contribution in [0.4, 0.5) is 27.6 Å². The van der Waals surface area contributed by atoms with Gasteiger partial charge in [-0.15, -0.1) is 0 Å². The number of carbonyl (C=O) groups is 5. The molecule has 3 aliphatic rings. The molecule has 0 saturated carbocycles. The summed E-state index contributed by atoms with van der Waals surface area (Å²) in [4.78, 5) is 67.8. The number of amides is 1. The molecule has 2 saturated heterocycles. The van der Waals surface area contributed by atoms with E-state index in [1.807, 2.05) is 0 Å². The zero-order chi connectivity index (χ0) is 71.9. The predicted molar refractivity (Wildman–Crippen MR) is 342 cm³/mol. The van der Waals surface area contributed by atoms with Crippen molar-refractivity contribution in [2.75, 3.05) is 39.6 Å². The lowest BCUT2D eigenvalue weighted by Gasteiger charge is -2.46. The van der Waals surface area contributed by atoms with E-state index in [1.54, 1.807) is 112 Å². The number of halogens is 5. The molecule has 2 unspecified atom stereocenters.